The summed E-state index contributed by atoms with van der Waals surface area (Å²) in [5, 5.41) is 7.90. The van der Waals surface area contributed by atoms with Gasteiger partial charge in [-0.25, -0.2) is 0 Å². The number of benzene rings is 1. The third kappa shape index (κ3) is 2.76. The molecule has 0 aliphatic heterocycles. The monoisotopic (exact) mass is 187 g/mol. The maximum absolute atomic E-state index is 11.3. The van der Waals surface area contributed by atoms with Crippen LogP contribution in [0.25, 0.3) is 1.43 Å². The van der Waals surface area contributed by atoms with Gasteiger partial charge in [0.25, 0.3) is 2.86 Å². The summed E-state index contributed by atoms with van der Waals surface area (Å²) >= 11 is 0. The van der Waals surface area contributed by atoms with Crippen LogP contribution in [0.4, 0.5) is 0 Å². The molecular weight excluding hydrogens is 170 g/mol. The average molecular weight is 187 g/mol. The Balaban J connectivity index is 3.15. The first-order chi connectivity index (χ1) is 8.92. The Labute approximate surface area is 84.3 Å². The number of aromatic hydroxyl groups is 1. The fraction of sp³-hybridized carbons (Fsp3) is 0.222. The minimum atomic E-state index is -1.68. The molecule has 70 valence electrons. The van der Waals surface area contributed by atoms with E-state index < -0.39 is 18.4 Å². The molecule has 0 heterocycles. The van der Waals surface area contributed by atoms with Crippen molar-refractivity contribution in [2.75, 3.05) is 0 Å². The Morgan fingerprint density at radius 2 is 2.92 bits per heavy atom. The zero-order valence-corrected chi connectivity index (χ0v) is 6.56. The number of carboxylic acid groups (broad SMARTS) is 1. The van der Waals surface area contributed by atoms with Crippen molar-refractivity contribution in [3.05, 3.63) is 29.8 Å². The van der Waals surface area contributed by atoms with Crippen LogP contribution in [0.5, 0.6) is 5.75 Å². The number of phenols is 1. The van der Waals surface area contributed by atoms with Crippen LogP contribution >= 0.6 is 0 Å². The standard InChI is InChI=1S/C9H11NO3/c10-8(9(12)13)5-6-2-1-3-7(11)4-6/h1-4,8,11H,5,10H2,(H,12,13)/t8-/m0/s1/i2D,5D/hD4/t5?,8-. The van der Waals surface area contributed by atoms with Crippen LogP contribution in [-0.2, 0) is 11.2 Å². The highest BCUT2D eigenvalue weighted by atomic mass is 16.4. The maximum Gasteiger partial charge on any atom is 0.320 e. The van der Waals surface area contributed by atoms with Gasteiger partial charge in [-0.15, -0.1) is 0 Å². The molecule has 4 nitrogen and oxygen atoms in total. The van der Waals surface area contributed by atoms with Crippen molar-refractivity contribution in [1.82, 2.24) is 0 Å². The molecule has 0 amide bonds. The third-order valence-electron chi connectivity index (χ3n) is 1.37. The molecule has 1 unspecified atom stereocenters. The molecule has 0 saturated heterocycles. The second-order valence-corrected chi connectivity index (χ2v) is 2.41. The third-order valence-corrected chi connectivity index (χ3v) is 1.37. The van der Waals surface area contributed by atoms with Crippen molar-refractivity contribution >= 4 is 5.97 Å². The number of phenolic OH excluding ortho intramolecular Hbond substituents is 1. The van der Waals surface area contributed by atoms with Crippen LogP contribution in [0.15, 0.2) is 24.2 Å². The fourth-order valence-corrected chi connectivity index (χ4v) is 0.797. The van der Waals surface area contributed by atoms with Crippen molar-refractivity contribution in [2.45, 2.75) is 12.4 Å². The number of nitrogens with two attached hydrogens (primary N) is 1. The lowest BCUT2D eigenvalue weighted by Crippen LogP contribution is -2.32. The van der Waals surface area contributed by atoms with E-state index in [1.165, 1.54) is 18.2 Å². The van der Waals surface area contributed by atoms with E-state index in [1.54, 1.807) is 0 Å². The molecule has 0 fully saturated rings. The fourth-order valence-electron chi connectivity index (χ4n) is 0.797. The van der Waals surface area contributed by atoms with E-state index in [-0.39, 0.29) is 23.1 Å². The molecule has 13 heavy (non-hydrogen) atoms. The summed E-state index contributed by atoms with van der Waals surface area (Å²) in [6.07, 6.45) is -1.49. The summed E-state index contributed by atoms with van der Waals surface area (Å²) in [4.78, 5) is 11.3. The van der Waals surface area contributed by atoms with Crippen molar-refractivity contribution in [3.8, 4) is 5.75 Å². The topological polar surface area (TPSA) is 83.5 Å². The Bertz CT molecular complexity index is 458. The largest absolute Gasteiger partial charge is 0.508 e. The van der Waals surface area contributed by atoms with Gasteiger partial charge in [0.15, 0.2) is 0 Å². The van der Waals surface area contributed by atoms with Gasteiger partial charge in [-0.1, -0.05) is 12.1 Å². The molecular formula is C9H11NO3. The smallest absolute Gasteiger partial charge is 0.320 e. The molecule has 0 saturated carbocycles. The minimum absolute atomic E-state index is 0.00958. The molecule has 0 aliphatic rings. The first-order valence-electron chi connectivity index (χ1n) is 6.31. The Kier molecular flexibility index (Phi) is 1.23. The summed E-state index contributed by atoms with van der Waals surface area (Å²) < 4.78 is 42.9. The number of hydrogen-bond donors (Lipinski definition) is 3. The molecule has 1 aromatic rings. The van der Waals surface area contributed by atoms with Crippen LogP contribution in [0.1, 0.15) is 8.30 Å². The zero-order valence-electron chi connectivity index (χ0n) is 12.6. The van der Waals surface area contributed by atoms with Crippen LogP contribution in [0, 0.1) is 0 Å². The molecule has 1 aromatic carbocycles. The summed E-state index contributed by atoms with van der Waals surface area (Å²) in [5.41, 5.74) is -0.0630. The second-order valence-electron chi connectivity index (χ2n) is 2.41. The second kappa shape index (κ2) is 3.91. The van der Waals surface area contributed by atoms with Gasteiger partial charge in [0, 0.05) is 1.37 Å². The number of rotatable bonds is 5. The van der Waals surface area contributed by atoms with E-state index in [4.69, 9.17) is 8.43 Å². The Morgan fingerprint density at radius 3 is 3.62 bits per heavy atom. The lowest BCUT2D eigenvalue weighted by Gasteiger charge is -2.05. The van der Waals surface area contributed by atoms with E-state index in [0.717, 1.165) is 0 Å². The molecule has 0 radical (unpaired) electrons. The highest BCUT2D eigenvalue weighted by molar-refractivity contribution is 5.73. The molecule has 0 aliphatic carbocycles. The van der Waals surface area contributed by atoms with E-state index in [1.807, 2.05) is 0 Å². The first kappa shape index (κ1) is 4.11. The Morgan fingerprint density at radius 1 is 2.00 bits per heavy atom. The summed E-state index contributed by atoms with van der Waals surface area (Å²) in [6, 6.07) is 2.01. The lowest BCUT2D eigenvalue weighted by atomic mass is 10.1. The molecule has 4 heteroatoms. The lowest BCUT2D eigenvalue weighted by molar-refractivity contribution is -0.138. The van der Waals surface area contributed by atoms with Gasteiger partial charge in [0.1, 0.15) is 14.6 Å². The predicted molar refractivity (Wildman–Crippen MR) is 47.4 cm³/mol. The molecule has 4 N–H and O–H groups in total. The molecule has 2 atom stereocenters. The van der Waals surface area contributed by atoms with Gasteiger partial charge in [-0.2, -0.15) is 0 Å². The van der Waals surface area contributed by atoms with Gasteiger partial charge >= 0.3 is 5.97 Å². The Hall–Kier alpha value is -1.55. The van der Waals surface area contributed by atoms with E-state index in [2.05, 4.69) is 10.2 Å². The minimum Gasteiger partial charge on any atom is -0.508 e. The molecule has 0 aromatic heterocycles. The summed E-state index contributed by atoms with van der Waals surface area (Å²) in [7, 11) is 0. The highest BCUT2D eigenvalue weighted by Crippen LogP contribution is 2.11. The summed E-state index contributed by atoms with van der Waals surface area (Å²) in [5.74, 6) is -1.19. The molecule has 0 bridgehead atoms. The van der Waals surface area contributed by atoms with E-state index >= 15 is 0 Å². The van der Waals surface area contributed by atoms with Crippen molar-refractivity contribution in [3.63, 3.8) is 0 Å². The van der Waals surface area contributed by atoms with Gasteiger partial charge in [0.05, 0.1) is 1.37 Å². The average Bonchev–Trinajstić information content (AvgIpc) is 2.38. The number of carboxylic acids is 1. The SMILES string of the molecule is [2H]OC(=O)[C@H](C([2H])c1cc(O[2H])ccc1[2H])N([2H])[2H]. The molecule has 0 spiro atoms. The van der Waals surface area contributed by atoms with Gasteiger partial charge in [-0.05, 0) is 24.1 Å². The van der Waals surface area contributed by atoms with Crippen LogP contribution < -0.4 is 5.72 Å². The normalized spacial score (nSPS) is 21.0. The van der Waals surface area contributed by atoms with E-state index in [9.17, 15) is 4.79 Å². The van der Waals surface area contributed by atoms with Gasteiger partial charge in [-0.3, -0.25) is 4.79 Å². The van der Waals surface area contributed by atoms with Crippen LogP contribution in [-0.4, -0.2) is 23.7 Å². The quantitative estimate of drug-likeness (QED) is 0.621. The van der Waals surface area contributed by atoms with Crippen molar-refractivity contribution < 1.29 is 20.6 Å². The predicted octanol–water partition coefficient (Wildman–Crippen LogP) is 0.347. The van der Waals surface area contributed by atoms with Gasteiger partial charge < -0.3 is 15.9 Å². The van der Waals surface area contributed by atoms with Crippen LogP contribution in [0.2, 0.25) is 2.82 Å². The van der Waals surface area contributed by atoms with E-state index in [0.29, 0.717) is 0 Å². The van der Waals surface area contributed by atoms with Crippen molar-refractivity contribution in [2.24, 2.45) is 5.72 Å². The number of hydrogen-bond acceptors (Lipinski definition) is 4. The van der Waals surface area contributed by atoms with Crippen molar-refractivity contribution in [1.29, 1.82) is 2.86 Å². The molecule has 1 rings (SSSR count). The maximum atomic E-state index is 11.3. The van der Waals surface area contributed by atoms with Crippen LogP contribution in [0.3, 0.4) is 0 Å². The zero-order chi connectivity index (χ0) is 14.6. The number of carbonyl (C=O) groups is 1. The van der Waals surface area contributed by atoms with Gasteiger partial charge in [0.2, 0.25) is 0 Å². The first-order valence-corrected chi connectivity index (χ1v) is 3.52. The highest BCUT2D eigenvalue weighted by Gasteiger charge is 2.11. The summed E-state index contributed by atoms with van der Waals surface area (Å²) in [6.45, 7) is 0. The number of aliphatic carboxylic acids is 1.